The van der Waals surface area contributed by atoms with Crippen LogP contribution in [0.3, 0.4) is 0 Å². The van der Waals surface area contributed by atoms with Gasteiger partial charge in [0.1, 0.15) is 5.76 Å². The van der Waals surface area contributed by atoms with E-state index in [2.05, 4.69) is 21.2 Å². The fourth-order valence-electron chi connectivity index (χ4n) is 1.47. The lowest BCUT2D eigenvalue weighted by molar-refractivity contribution is -0.111. The van der Waals surface area contributed by atoms with Crippen molar-refractivity contribution in [1.29, 1.82) is 0 Å². The van der Waals surface area contributed by atoms with Gasteiger partial charge in [-0.3, -0.25) is 4.79 Å². The molecule has 2 aromatic rings. The van der Waals surface area contributed by atoms with E-state index in [1.165, 1.54) is 6.08 Å². The molecule has 1 aromatic carbocycles. The van der Waals surface area contributed by atoms with Crippen molar-refractivity contribution in [2.75, 3.05) is 5.32 Å². The molecular weight excluding hydrogens is 330 g/mol. The van der Waals surface area contributed by atoms with Gasteiger partial charge in [-0.15, -0.1) is 0 Å². The van der Waals surface area contributed by atoms with Crippen molar-refractivity contribution in [3.8, 4) is 0 Å². The van der Waals surface area contributed by atoms with Gasteiger partial charge in [-0.1, -0.05) is 17.7 Å². The number of benzene rings is 1. The first-order chi connectivity index (χ1) is 9.04. The molecule has 0 fully saturated rings. The van der Waals surface area contributed by atoms with Crippen molar-refractivity contribution in [2.45, 2.75) is 6.92 Å². The van der Waals surface area contributed by atoms with Gasteiger partial charge in [0.25, 0.3) is 0 Å². The second-order valence-corrected chi connectivity index (χ2v) is 5.14. The number of anilines is 1. The lowest BCUT2D eigenvalue weighted by Crippen LogP contribution is -2.08. The van der Waals surface area contributed by atoms with Crippen LogP contribution in [0.25, 0.3) is 6.08 Å². The van der Waals surface area contributed by atoms with E-state index in [-0.39, 0.29) is 5.91 Å². The van der Waals surface area contributed by atoms with Crippen molar-refractivity contribution < 1.29 is 9.21 Å². The minimum atomic E-state index is -0.265. The summed E-state index contributed by atoms with van der Waals surface area (Å²) in [6, 6.07) is 8.97. The summed E-state index contributed by atoms with van der Waals surface area (Å²) in [7, 11) is 0. The molecule has 0 aliphatic rings. The van der Waals surface area contributed by atoms with Crippen LogP contribution in [-0.2, 0) is 4.79 Å². The van der Waals surface area contributed by atoms with Crippen LogP contribution in [0.15, 0.2) is 45.5 Å². The Labute approximate surface area is 124 Å². The maximum atomic E-state index is 11.7. The summed E-state index contributed by atoms with van der Waals surface area (Å²) in [6.07, 6.45) is 2.98. The van der Waals surface area contributed by atoms with E-state index in [0.29, 0.717) is 21.1 Å². The van der Waals surface area contributed by atoms with Gasteiger partial charge in [-0.2, -0.15) is 0 Å². The molecule has 0 radical (unpaired) electrons. The highest BCUT2D eigenvalue weighted by atomic mass is 79.9. The first-order valence-corrected chi connectivity index (χ1v) is 6.72. The summed E-state index contributed by atoms with van der Waals surface area (Å²) in [5.41, 5.74) is 1.63. The predicted molar refractivity (Wildman–Crippen MR) is 80.3 cm³/mol. The zero-order valence-electron chi connectivity index (χ0n) is 10.1. The highest BCUT2D eigenvalue weighted by Gasteiger charge is 2.03. The number of nitrogens with one attached hydrogen (secondary N) is 1. The molecule has 0 bridgehead atoms. The maximum absolute atomic E-state index is 11.7. The lowest BCUT2D eigenvalue weighted by atomic mass is 10.2. The second-order valence-electron chi connectivity index (χ2n) is 3.95. The molecule has 5 heteroatoms. The number of carbonyl (C=O) groups excluding carboxylic acids is 1. The molecule has 0 aliphatic carbocycles. The number of hydrogen-bond acceptors (Lipinski definition) is 2. The van der Waals surface area contributed by atoms with Crippen molar-refractivity contribution in [3.05, 3.63) is 57.4 Å². The number of aryl methyl sites for hydroxylation is 1. The normalized spacial score (nSPS) is 10.9. The first kappa shape index (κ1) is 13.9. The van der Waals surface area contributed by atoms with E-state index in [4.69, 9.17) is 16.0 Å². The van der Waals surface area contributed by atoms with E-state index in [0.717, 1.165) is 5.56 Å². The highest BCUT2D eigenvalue weighted by Crippen LogP contribution is 2.22. The summed E-state index contributed by atoms with van der Waals surface area (Å²) in [6.45, 7) is 1.94. The first-order valence-electron chi connectivity index (χ1n) is 5.55. The topological polar surface area (TPSA) is 42.2 Å². The zero-order valence-corrected chi connectivity index (χ0v) is 12.5. The molecular formula is C14H11BrClNO2. The lowest BCUT2D eigenvalue weighted by Gasteiger charge is -2.05. The molecule has 0 unspecified atom stereocenters. The molecule has 3 nitrogen and oxygen atoms in total. The Morgan fingerprint density at radius 2 is 2.16 bits per heavy atom. The Morgan fingerprint density at radius 3 is 2.79 bits per heavy atom. The average Bonchev–Trinajstić information content (AvgIpc) is 2.76. The van der Waals surface area contributed by atoms with E-state index in [1.54, 1.807) is 30.3 Å². The molecule has 0 saturated carbocycles. The molecule has 1 heterocycles. The van der Waals surface area contributed by atoms with Gasteiger partial charge >= 0.3 is 0 Å². The van der Waals surface area contributed by atoms with Crippen LogP contribution in [0.2, 0.25) is 5.02 Å². The Bertz CT molecular complexity index is 634. The van der Waals surface area contributed by atoms with Gasteiger partial charge in [-0.05, 0) is 58.8 Å². The molecule has 98 valence electrons. The summed E-state index contributed by atoms with van der Waals surface area (Å²) < 4.78 is 5.87. The minimum absolute atomic E-state index is 0.265. The van der Waals surface area contributed by atoms with Gasteiger partial charge in [0, 0.05) is 6.08 Å². The number of amides is 1. The van der Waals surface area contributed by atoms with Crippen LogP contribution in [0.1, 0.15) is 11.3 Å². The van der Waals surface area contributed by atoms with Crippen molar-refractivity contribution in [3.63, 3.8) is 0 Å². The van der Waals surface area contributed by atoms with Crippen LogP contribution in [-0.4, -0.2) is 5.91 Å². The van der Waals surface area contributed by atoms with Crippen molar-refractivity contribution >= 4 is 45.2 Å². The fraction of sp³-hybridized carbons (Fsp3) is 0.0714. The quantitative estimate of drug-likeness (QED) is 0.826. The highest BCUT2D eigenvalue weighted by molar-refractivity contribution is 9.10. The number of rotatable bonds is 3. The Hall–Kier alpha value is -1.52. The van der Waals surface area contributed by atoms with E-state index >= 15 is 0 Å². The van der Waals surface area contributed by atoms with Crippen LogP contribution in [0.4, 0.5) is 5.69 Å². The largest absolute Gasteiger partial charge is 0.450 e. The number of carbonyl (C=O) groups is 1. The van der Waals surface area contributed by atoms with Crippen LogP contribution >= 0.6 is 27.5 Å². The standard InChI is InChI=1S/C14H11BrClNO2/c1-9-2-5-12(11(16)8-9)17-14(18)7-4-10-3-6-13(15)19-10/h2-8H,1H3,(H,17,18)/b7-4+. The Kier molecular flexibility index (Phi) is 4.45. The van der Waals surface area contributed by atoms with Gasteiger partial charge < -0.3 is 9.73 Å². The molecule has 0 aliphatic heterocycles. The Balaban J connectivity index is 2.03. The Morgan fingerprint density at radius 1 is 1.37 bits per heavy atom. The zero-order chi connectivity index (χ0) is 13.8. The summed E-state index contributed by atoms with van der Waals surface area (Å²) in [5.74, 6) is 0.329. The third-order valence-electron chi connectivity index (χ3n) is 2.38. The van der Waals surface area contributed by atoms with E-state index in [9.17, 15) is 4.79 Å². The molecule has 0 saturated heterocycles. The van der Waals surface area contributed by atoms with E-state index in [1.807, 2.05) is 13.0 Å². The fourth-order valence-corrected chi connectivity index (χ4v) is 2.07. The van der Waals surface area contributed by atoms with Crippen LogP contribution in [0, 0.1) is 6.92 Å². The van der Waals surface area contributed by atoms with Gasteiger partial charge in [0.2, 0.25) is 5.91 Å². The smallest absolute Gasteiger partial charge is 0.248 e. The molecule has 1 N–H and O–H groups in total. The second kappa shape index (κ2) is 6.08. The molecule has 1 amide bonds. The third-order valence-corrected chi connectivity index (χ3v) is 3.11. The molecule has 19 heavy (non-hydrogen) atoms. The molecule has 0 spiro atoms. The summed E-state index contributed by atoms with van der Waals surface area (Å²) >= 11 is 9.22. The van der Waals surface area contributed by atoms with Gasteiger partial charge in [0.05, 0.1) is 10.7 Å². The van der Waals surface area contributed by atoms with E-state index < -0.39 is 0 Å². The van der Waals surface area contributed by atoms with Crippen LogP contribution in [0.5, 0.6) is 0 Å². The maximum Gasteiger partial charge on any atom is 0.248 e. The monoisotopic (exact) mass is 339 g/mol. The molecule has 0 atom stereocenters. The number of furan rings is 1. The predicted octanol–water partition coefficient (Wildman–Crippen LogP) is 4.66. The molecule has 2 rings (SSSR count). The van der Waals surface area contributed by atoms with Crippen LogP contribution < -0.4 is 5.32 Å². The summed E-state index contributed by atoms with van der Waals surface area (Å²) in [4.78, 5) is 11.7. The number of halogens is 2. The third kappa shape index (κ3) is 3.98. The SMILES string of the molecule is Cc1ccc(NC(=O)/C=C/c2ccc(Br)o2)c(Cl)c1. The van der Waals surface area contributed by atoms with Gasteiger partial charge in [-0.25, -0.2) is 0 Å². The average molecular weight is 341 g/mol. The van der Waals surface area contributed by atoms with Gasteiger partial charge in [0.15, 0.2) is 4.67 Å². The van der Waals surface area contributed by atoms with Crippen molar-refractivity contribution in [1.82, 2.24) is 0 Å². The molecule has 1 aromatic heterocycles. The minimum Gasteiger partial charge on any atom is -0.450 e. The van der Waals surface area contributed by atoms with Crippen molar-refractivity contribution in [2.24, 2.45) is 0 Å². The summed E-state index contributed by atoms with van der Waals surface area (Å²) in [5, 5.41) is 3.22. The number of hydrogen-bond donors (Lipinski definition) is 1.